The lowest BCUT2D eigenvalue weighted by molar-refractivity contribution is -0.140. The number of rotatable bonds is 3. The van der Waals surface area contributed by atoms with Crippen LogP contribution >= 0.6 is 0 Å². The van der Waals surface area contributed by atoms with Crippen LogP contribution in [-0.2, 0) is 11.2 Å². The van der Waals surface area contributed by atoms with Gasteiger partial charge in [0.15, 0.2) is 0 Å². The molecule has 1 aliphatic heterocycles. The molecule has 0 N–H and O–H groups in total. The Labute approximate surface area is 147 Å². The Hall–Kier alpha value is -2.24. The van der Waals surface area contributed by atoms with Gasteiger partial charge in [0.1, 0.15) is 5.82 Å². The van der Waals surface area contributed by atoms with Crippen molar-refractivity contribution < 1.29 is 13.6 Å². The maximum atomic E-state index is 13.0. The summed E-state index contributed by atoms with van der Waals surface area (Å²) in [5.41, 5.74) is 0.537. The SMILES string of the molecule is CC(C)(C)C(=O)N1CCC[C@@H](c2nnc(Cc3ccc(F)cc3)o2)C1. The molecule has 1 aliphatic rings. The maximum absolute atomic E-state index is 13.0. The van der Waals surface area contributed by atoms with Gasteiger partial charge in [-0.1, -0.05) is 32.9 Å². The van der Waals surface area contributed by atoms with Gasteiger partial charge < -0.3 is 9.32 Å². The molecule has 3 rings (SSSR count). The Morgan fingerprint density at radius 1 is 1.28 bits per heavy atom. The lowest BCUT2D eigenvalue weighted by atomic mass is 9.91. The minimum atomic E-state index is -0.384. The largest absolute Gasteiger partial charge is 0.425 e. The molecule has 1 fully saturated rings. The monoisotopic (exact) mass is 345 g/mol. The Morgan fingerprint density at radius 2 is 2.00 bits per heavy atom. The van der Waals surface area contributed by atoms with Crippen LogP contribution in [0, 0.1) is 11.2 Å². The van der Waals surface area contributed by atoms with Crippen molar-refractivity contribution in [3.63, 3.8) is 0 Å². The highest BCUT2D eigenvalue weighted by atomic mass is 19.1. The molecule has 134 valence electrons. The second kappa shape index (κ2) is 6.94. The molecule has 1 saturated heterocycles. The number of piperidine rings is 1. The molecule has 1 amide bonds. The van der Waals surface area contributed by atoms with Crippen LogP contribution in [0.2, 0.25) is 0 Å². The van der Waals surface area contributed by atoms with E-state index in [-0.39, 0.29) is 23.1 Å². The summed E-state index contributed by atoms with van der Waals surface area (Å²) in [6.45, 7) is 7.21. The normalized spacial score (nSPS) is 18.4. The third-order valence-corrected chi connectivity index (χ3v) is 4.45. The van der Waals surface area contributed by atoms with Crippen molar-refractivity contribution in [2.75, 3.05) is 13.1 Å². The number of amides is 1. The lowest BCUT2D eigenvalue weighted by Crippen LogP contribution is -2.44. The molecule has 2 aromatic rings. The molecule has 0 radical (unpaired) electrons. The smallest absolute Gasteiger partial charge is 0.227 e. The number of likely N-dealkylation sites (tertiary alicyclic amines) is 1. The zero-order chi connectivity index (χ0) is 18.0. The van der Waals surface area contributed by atoms with Crippen molar-refractivity contribution in [1.82, 2.24) is 15.1 Å². The highest BCUT2D eigenvalue weighted by Gasteiger charge is 2.33. The molecule has 1 atom stereocenters. The van der Waals surface area contributed by atoms with Crippen LogP contribution in [-0.4, -0.2) is 34.1 Å². The third kappa shape index (κ3) is 4.24. The van der Waals surface area contributed by atoms with E-state index in [1.807, 2.05) is 25.7 Å². The topological polar surface area (TPSA) is 59.2 Å². The van der Waals surface area contributed by atoms with Crippen molar-refractivity contribution in [3.05, 3.63) is 47.4 Å². The molecule has 5 nitrogen and oxygen atoms in total. The second-order valence-electron chi connectivity index (χ2n) is 7.68. The quantitative estimate of drug-likeness (QED) is 0.853. The number of hydrogen-bond donors (Lipinski definition) is 0. The predicted molar refractivity (Wildman–Crippen MR) is 91.5 cm³/mol. The molecule has 0 bridgehead atoms. The van der Waals surface area contributed by atoms with Gasteiger partial charge in [-0.3, -0.25) is 4.79 Å². The number of hydrogen-bond acceptors (Lipinski definition) is 4. The number of aromatic nitrogens is 2. The van der Waals surface area contributed by atoms with Gasteiger partial charge in [0.05, 0.1) is 12.3 Å². The first-order valence-electron chi connectivity index (χ1n) is 8.69. The summed E-state index contributed by atoms with van der Waals surface area (Å²) in [7, 11) is 0. The summed E-state index contributed by atoms with van der Waals surface area (Å²) in [6, 6.07) is 6.26. The van der Waals surface area contributed by atoms with Crippen molar-refractivity contribution in [3.8, 4) is 0 Å². The zero-order valence-electron chi connectivity index (χ0n) is 15.0. The van der Waals surface area contributed by atoms with Crippen LogP contribution < -0.4 is 0 Å². The molecule has 0 saturated carbocycles. The first-order valence-corrected chi connectivity index (χ1v) is 8.69. The molecule has 1 aromatic carbocycles. The van der Waals surface area contributed by atoms with Gasteiger partial charge in [0.25, 0.3) is 0 Å². The van der Waals surface area contributed by atoms with Crippen LogP contribution in [0.15, 0.2) is 28.7 Å². The van der Waals surface area contributed by atoms with Crippen molar-refractivity contribution in [2.45, 2.75) is 46.0 Å². The van der Waals surface area contributed by atoms with E-state index < -0.39 is 0 Å². The molecule has 2 heterocycles. The molecule has 0 unspecified atom stereocenters. The van der Waals surface area contributed by atoms with E-state index >= 15 is 0 Å². The van der Waals surface area contributed by atoms with Gasteiger partial charge >= 0.3 is 0 Å². The van der Waals surface area contributed by atoms with Crippen molar-refractivity contribution in [1.29, 1.82) is 0 Å². The summed E-state index contributed by atoms with van der Waals surface area (Å²) in [6.07, 6.45) is 2.35. The number of carbonyl (C=O) groups is 1. The maximum Gasteiger partial charge on any atom is 0.227 e. The summed E-state index contributed by atoms with van der Waals surface area (Å²) in [5.74, 6) is 1.07. The van der Waals surface area contributed by atoms with Gasteiger partial charge in [-0.15, -0.1) is 10.2 Å². The zero-order valence-corrected chi connectivity index (χ0v) is 15.0. The molecule has 6 heteroatoms. The summed E-state index contributed by atoms with van der Waals surface area (Å²) in [4.78, 5) is 14.4. The van der Waals surface area contributed by atoms with Gasteiger partial charge in [0.2, 0.25) is 17.7 Å². The summed E-state index contributed by atoms with van der Waals surface area (Å²) < 4.78 is 18.8. The Bertz CT molecular complexity index is 734. The fourth-order valence-electron chi connectivity index (χ4n) is 3.12. The Kier molecular flexibility index (Phi) is 4.88. The number of halogens is 1. The van der Waals surface area contributed by atoms with Crippen molar-refractivity contribution >= 4 is 5.91 Å². The predicted octanol–water partition coefficient (Wildman–Crippen LogP) is 3.55. The second-order valence-corrected chi connectivity index (χ2v) is 7.68. The molecular weight excluding hydrogens is 321 g/mol. The van der Waals surface area contributed by atoms with E-state index in [2.05, 4.69) is 10.2 Å². The molecular formula is C19H24FN3O2. The van der Waals surface area contributed by atoms with Crippen LogP contribution in [0.1, 0.15) is 56.9 Å². The number of carbonyl (C=O) groups excluding carboxylic acids is 1. The van der Waals surface area contributed by atoms with E-state index in [0.29, 0.717) is 24.7 Å². The van der Waals surface area contributed by atoms with E-state index in [4.69, 9.17) is 4.42 Å². The first-order chi connectivity index (χ1) is 11.8. The van der Waals surface area contributed by atoms with Crippen LogP contribution in [0.3, 0.4) is 0 Å². The minimum Gasteiger partial charge on any atom is -0.425 e. The molecule has 25 heavy (non-hydrogen) atoms. The lowest BCUT2D eigenvalue weighted by Gasteiger charge is -2.35. The van der Waals surface area contributed by atoms with E-state index in [9.17, 15) is 9.18 Å². The average molecular weight is 345 g/mol. The Morgan fingerprint density at radius 3 is 2.68 bits per heavy atom. The highest BCUT2D eigenvalue weighted by Crippen LogP contribution is 2.29. The minimum absolute atomic E-state index is 0.0783. The van der Waals surface area contributed by atoms with E-state index in [0.717, 1.165) is 24.9 Å². The van der Waals surface area contributed by atoms with Crippen LogP contribution in [0.4, 0.5) is 4.39 Å². The van der Waals surface area contributed by atoms with E-state index in [1.165, 1.54) is 12.1 Å². The van der Waals surface area contributed by atoms with Gasteiger partial charge in [0, 0.05) is 18.5 Å². The van der Waals surface area contributed by atoms with Gasteiger partial charge in [-0.2, -0.15) is 0 Å². The number of nitrogens with zero attached hydrogens (tertiary/aromatic N) is 3. The fourth-order valence-corrected chi connectivity index (χ4v) is 3.12. The summed E-state index contributed by atoms with van der Waals surface area (Å²) in [5, 5.41) is 8.29. The van der Waals surface area contributed by atoms with Gasteiger partial charge in [-0.25, -0.2) is 4.39 Å². The third-order valence-electron chi connectivity index (χ3n) is 4.45. The highest BCUT2D eigenvalue weighted by molar-refractivity contribution is 5.81. The fraction of sp³-hybridized carbons (Fsp3) is 0.526. The average Bonchev–Trinajstić information content (AvgIpc) is 3.04. The standard InChI is InChI=1S/C19H24FN3O2/c1-19(2,3)18(24)23-10-4-5-14(12-23)17-22-21-16(25-17)11-13-6-8-15(20)9-7-13/h6-9,14H,4-5,10-12H2,1-3H3/t14-/m1/s1. The van der Waals surface area contributed by atoms with Gasteiger partial charge in [-0.05, 0) is 30.5 Å². The van der Waals surface area contributed by atoms with Crippen LogP contribution in [0.25, 0.3) is 0 Å². The first kappa shape index (κ1) is 17.6. The molecule has 0 spiro atoms. The van der Waals surface area contributed by atoms with Crippen LogP contribution in [0.5, 0.6) is 0 Å². The molecule has 1 aromatic heterocycles. The summed E-state index contributed by atoms with van der Waals surface area (Å²) >= 11 is 0. The number of benzene rings is 1. The molecule has 0 aliphatic carbocycles. The van der Waals surface area contributed by atoms with E-state index in [1.54, 1.807) is 12.1 Å². The Balaban J connectivity index is 1.67. The van der Waals surface area contributed by atoms with Crippen molar-refractivity contribution in [2.24, 2.45) is 5.41 Å².